The molecule has 2 amide bonds. The second kappa shape index (κ2) is 8.45. The third kappa shape index (κ3) is 4.24. The van der Waals surface area contributed by atoms with Gasteiger partial charge in [-0.25, -0.2) is 0 Å². The highest BCUT2D eigenvalue weighted by Crippen LogP contribution is 2.34. The molecule has 7 heteroatoms. The Morgan fingerprint density at radius 1 is 1.07 bits per heavy atom. The molecule has 0 spiro atoms. The minimum Gasteiger partial charge on any atom is -0.497 e. The molecule has 1 N–H and O–H groups in total. The number of hydrogen-bond acceptors (Lipinski definition) is 5. The molecular weight excluding hydrogens is 388 g/mol. The first-order chi connectivity index (χ1) is 14.1. The molecule has 0 bridgehead atoms. The Labute approximate surface area is 174 Å². The number of aryl methyl sites for hydroxylation is 1. The third-order valence-corrected chi connectivity index (χ3v) is 6.90. The summed E-state index contributed by atoms with van der Waals surface area (Å²) in [5.74, 6) is 1.29. The van der Waals surface area contributed by atoms with Crippen molar-refractivity contribution in [1.29, 1.82) is 0 Å². The van der Waals surface area contributed by atoms with Crippen molar-refractivity contribution in [3.8, 4) is 11.5 Å². The van der Waals surface area contributed by atoms with Gasteiger partial charge in [0, 0.05) is 47.8 Å². The largest absolute Gasteiger partial charge is 0.497 e. The van der Waals surface area contributed by atoms with E-state index >= 15 is 0 Å². The number of thiophene rings is 1. The van der Waals surface area contributed by atoms with Gasteiger partial charge < -0.3 is 19.7 Å². The number of fused-ring (bicyclic) bond motifs is 1. The third-order valence-electron chi connectivity index (χ3n) is 5.68. The SMILES string of the molecule is COc1cc(NC(=O)[C@H]2CCc3sc(C(=O)N4CCCC4)cc3C2)cc(OC)c1. The van der Waals surface area contributed by atoms with E-state index in [1.54, 1.807) is 43.8 Å². The first kappa shape index (κ1) is 19.8. The van der Waals surface area contributed by atoms with Crippen molar-refractivity contribution < 1.29 is 19.1 Å². The van der Waals surface area contributed by atoms with Crippen LogP contribution in [-0.2, 0) is 17.6 Å². The van der Waals surface area contributed by atoms with Crippen LogP contribution in [0, 0.1) is 5.92 Å². The van der Waals surface area contributed by atoms with Crippen LogP contribution in [0.5, 0.6) is 11.5 Å². The zero-order valence-corrected chi connectivity index (χ0v) is 17.6. The van der Waals surface area contributed by atoms with Crippen molar-refractivity contribution in [2.24, 2.45) is 5.92 Å². The lowest BCUT2D eigenvalue weighted by atomic mass is 9.87. The van der Waals surface area contributed by atoms with Gasteiger partial charge in [0.15, 0.2) is 0 Å². The predicted octanol–water partition coefficient (Wildman–Crippen LogP) is 3.74. The number of rotatable bonds is 5. The quantitative estimate of drug-likeness (QED) is 0.809. The number of likely N-dealkylation sites (tertiary alicyclic amines) is 1. The molecule has 29 heavy (non-hydrogen) atoms. The van der Waals surface area contributed by atoms with Crippen LogP contribution in [0.25, 0.3) is 0 Å². The van der Waals surface area contributed by atoms with Crippen LogP contribution >= 0.6 is 11.3 Å². The molecule has 1 fully saturated rings. The van der Waals surface area contributed by atoms with E-state index in [1.807, 2.05) is 11.0 Å². The predicted molar refractivity (Wildman–Crippen MR) is 113 cm³/mol. The van der Waals surface area contributed by atoms with Crippen LogP contribution in [0.3, 0.4) is 0 Å². The van der Waals surface area contributed by atoms with Gasteiger partial charge in [-0.05, 0) is 43.7 Å². The molecule has 1 aliphatic carbocycles. The summed E-state index contributed by atoms with van der Waals surface area (Å²) in [6, 6.07) is 7.35. The van der Waals surface area contributed by atoms with Gasteiger partial charge in [-0.3, -0.25) is 9.59 Å². The summed E-state index contributed by atoms with van der Waals surface area (Å²) in [5.41, 5.74) is 1.80. The maximum Gasteiger partial charge on any atom is 0.263 e. The molecule has 4 rings (SSSR count). The fraction of sp³-hybridized carbons (Fsp3) is 0.455. The normalized spacial score (nSPS) is 18.3. The van der Waals surface area contributed by atoms with Gasteiger partial charge >= 0.3 is 0 Å². The Hall–Kier alpha value is -2.54. The maximum atomic E-state index is 12.9. The van der Waals surface area contributed by atoms with Crippen molar-refractivity contribution >= 4 is 28.8 Å². The molecule has 2 aliphatic rings. The van der Waals surface area contributed by atoms with E-state index in [2.05, 4.69) is 5.32 Å². The van der Waals surface area contributed by atoms with E-state index in [4.69, 9.17) is 9.47 Å². The highest BCUT2D eigenvalue weighted by atomic mass is 32.1. The summed E-state index contributed by atoms with van der Waals surface area (Å²) < 4.78 is 10.5. The fourth-order valence-electron chi connectivity index (χ4n) is 4.05. The van der Waals surface area contributed by atoms with Crippen molar-refractivity contribution in [1.82, 2.24) is 4.90 Å². The Morgan fingerprint density at radius 3 is 2.41 bits per heavy atom. The summed E-state index contributed by atoms with van der Waals surface area (Å²) in [6.07, 6.45) is 4.49. The number of methoxy groups -OCH3 is 2. The van der Waals surface area contributed by atoms with Crippen molar-refractivity contribution in [2.75, 3.05) is 32.6 Å². The van der Waals surface area contributed by atoms with Gasteiger partial charge in [-0.2, -0.15) is 0 Å². The molecule has 0 saturated carbocycles. The van der Waals surface area contributed by atoms with Gasteiger partial charge in [0.05, 0.1) is 19.1 Å². The van der Waals surface area contributed by atoms with E-state index in [0.29, 0.717) is 23.6 Å². The smallest absolute Gasteiger partial charge is 0.263 e. The van der Waals surface area contributed by atoms with E-state index in [9.17, 15) is 9.59 Å². The number of nitrogens with zero attached hydrogens (tertiary/aromatic N) is 1. The van der Waals surface area contributed by atoms with Crippen LogP contribution in [0.4, 0.5) is 5.69 Å². The number of nitrogens with one attached hydrogen (secondary N) is 1. The highest BCUT2D eigenvalue weighted by molar-refractivity contribution is 7.14. The second-order valence-corrected chi connectivity index (χ2v) is 8.73. The molecule has 0 unspecified atom stereocenters. The summed E-state index contributed by atoms with van der Waals surface area (Å²) >= 11 is 1.60. The molecule has 6 nitrogen and oxygen atoms in total. The number of carbonyl (C=O) groups is 2. The van der Waals surface area contributed by atoms with Gasteiger partial charge in [0.25, 0.3) is 5.91 Å². The topological polar surface area (TPSA) is 67.9 Å². The van der Waals surface area contributed by atoms with Crippen molar-refractivity contribution in [3.63, 3.8) is 0 Å². The standard InChI is InChI=1S/C22H26N2O4S/c1-27-17-11-16(12-18(13-17)28-2)23-21(25)14-5-6-19-15(9-14)10-20(29-19)22(26)24-7-3-4-8-24/h10-14H,3-9H2,1-2H3,(H,23,25)/t14-/m0/s1. The number of carbonyl (C=O) groups excluding carboxylic acids is 2. The summed E-state index contributed by atoms with van der Waals surface area (Å²) in [7, 11) is 3.17. The molecule has 0 radical (unpaired) electrons. The van der Waals surface area contributed by atoms with Crippen molar-refractivity contribution in [3.05, 3.63) is 39.6 Å². The summed E-state index contributed by atoms with van der Waals surface area (Å²) in [6.45, 7) is 1.72. The van der Waals surface area contributed by atoms with Crippen LogP contribution in [-0.4, -0.2) is 44.0 Å². The highest BCUT2D eigenvalue weighted by Gasteiger charge is 2.29. The van der Waals surface area contributed by atoms with Gasteiger partial charge in [0.2, 0.25) is 5.91 Å². The molecule has 1 aliphatic heterocycles. The Kier molecular flexibility index (Phi) is 5.76. The van der Waals surface area contributed by atoms with E-state index in [1.165, 1.54) is 4.88 Å². The van der Waals surface area contributed by atoms with Gasteiger partial charge in [-0.1, -0.05) is 0 Å². The average molecular weight is 415 g/mol. The van der Waals surface area contributed by atoms with Crippen LogP contribution in [0.1, 0.15) is 39.4 Å². The van der Waals surface area contributed by atoms with Gasteiger partial charge in [-0.15, -0.1) is 11.3 Å². The Balaban J connectivity index is 1.44. The Morgan fingerprint density at radius 2 is 1.76 bits per heavy atom. The molecule has 154 valence electrons. The number of ether oxygens (including phenoxy) is 2. The molecule has 1 atom stereocenters. The van der Waals surface area contributed by atoms with Crippen LogP contribution in [0.15, 0.2) is 24.3 Å². The summed E-state index contributed by atoms with van der Waals surface area (Å²) in [5, 5.41) is 3.00. The molecule has 1 aromatic carbocycles. The minimum atomic E-state index is -0.107. The zero-order valence-electron chi connectivity index (χ0n) is 16.8. The molecule has 2 heterocycles. The number of amides is 2. The lowest BCUT2D eigenvalue weighted by Gasteiger charge is -2.21. The number of anilines is 1. The van der Waals surface area contributed by atoms with Crippen LogP contribution < -0.4 is 14.8 Å². The molecule has 2 aromatic rings. The lowest BCUT2D eigenvalue weighted by Crippen LogP contribution is -2.27. The average Bonchev–Trinajstić information content (AvgIpc) is 3.42. The summed E-state index contributed by atoms with van der Waals surface area (Å²) in [4.78, 5) is 29.5. The molecule has 1 saturated heterocycles. The van der Waals surface area contributed by atoms with Crippen molar-refractivity contribution in [2.45, 2.75) is 32.1 Å². The number of benzene rings is 1. The van der Waals surface area contributed by atoms with E-state index in [-0.39, 0.29) is 17.7 Å². The first-order valence-corrected chi connectivity index (χ1v) is 10.8. The van der Waals surface area contributed by atoms with E-state index in [0.717, 1.165) is 49.2 Å². The fourth-order valence-corrected chi connectivity index (χ4v) is 5.23. The molecule has 1 aromatic heterocycles. The monoisotopic (exact) mass is 414 g/mol. The second-order valence-electron chi connectivity index (χ2n) is 7.59. The Bertz CT molecular complexity index is 895. The number of hydrogen-bond donors (Lipinski definition) is 1. The lowest BCUT2D eigenvalue weighted by molar-refractivity contribution is -0.120. The van der Waals surface area contributed by atoms with Crippen LogP contribution in [0.2, 0.25) is 0 Å². The first-order valence-electron chi connectivity index (χ1n) is 10.0. The van der Waals surface area contributed by atoms with Gasteiger partial charge in [0.1, 0.15) is 11.5 Å². The maximum absolute atomic E-state index is 12.9. The minimum absolute atomic E-state index is 0.00965. The zero-order chi connectivity index (χ0) is 20.4. The van der Waals surface area contributed by atoms with E-state index < -0.39 is 0 Å². The molecular formula is C22H26N2O4S.